The first-order valence-electron chi connectivity index (χ1n) is 10.7. The summed E-state index contributed by atoms with van der Waals surface area (Å²) in [5, 5.41) is 3.10. The maximum absolute atomic E-state index is 12.7. The molecule has 0 spiro atoms. The Bertz CT molecular complexity index is 1430. The number of benzene rings is 1. The molecule has 34 heavy (non-hydrogen) atoms. The van der Waals surface area contributed by atoms with Gasteiger partial charge in [-0.15, -0.1) is 0 Å². The summed E-state index contributed by atoms with van der Waals surface area (Å²) in [6, 6.07) is 9.19. The zero-order valence-corrected chi connectivity index (χ0v) is 21.5. The van der Waals surface area contributed by atoms with Crippen LogP contribution in [0.1, 0.15) is 34.3 Å². The molecule has 3 aromatic rings. The van der Waals surface area contributed by atoms with E-state index in [0.717, 1.165) is 22.4 Å². The van der Waals surface area contributed by atoms with E-state index in [0.29, 0.717) is 40.7 Å². The van der Waals surface area contributed by atoms with Crippen LogP contribution in [0.2, 0.25) is 0 Å². The van der Waals surface area contributed by atoms with Gasteiger partial charge in [-0.3, -0.25) is 9.10 Å². The van der Waals surface area contributed by atoms with Crippen molar-refractivity contribution in [3.63, 3.8) is 0 Å². The van der Waals surface area contributed by atoms with E-state index in [2.05, 4.69) is 10.3 Å². The largest absolute Gasteiger partial charge is 0.437 e. The Morgan fingerprint density at radius 2 is 1.71 bits per heavy atom. The maximum Gasteiger partial charge on any atom is 0.255 e. The van der Waals surface area contributed by atoms with Crippen molar-refractivity contribution in [1.82, 2.24) is 10.3 Å². The number of carbonyl (C=O) groups excluding carboxylic acids is 1. The summed E-state index contributed by atoms with van der Waals surface area (Å²) in [5.74, 6) is 0.160. The second kappa shape index (κ2) is 9.75. The lowest BCUT2D eigenvalue weighted by molar-refractivity contribution is 0.0964. The first-order valence-corrected chi connectivity index (χ1v) is 14.6. The molecule has 0 saturated heterocycles. The van der Waals surface area contributed by atoms with Crippen molar-refractivity contribution in [2.45, 2.75) is 26.7 Å². The molecule has 184 valence electrons. The topological polar surface area (TPSA) is 127 Å². The number of carbonyl (C=O) groups is 1. The summed E-state index contributed by atoms with van der Waals surface area (Å²) in [6.07, 6.45) is 2.89. The number of sulfone groups is 1. The Hall–Kier alpha value is -2.92. The highest BCUT2D eigenvalue weighted by molar-refractivity contribution is 7.92. The summed E-state index contributed by atoms with van der Waals surface area (Å²) in [5.41, 5.74) is 2.75. The summed E-state index contributed by atoms with van der Waals surface area (Å²) in [4.78, 5) is 17.2. The van der Waals surface area contributed by atoms with Crippen LogP contribution in [0.3, 0.4) is 0 Å². The molecule has 2 aromatic heterocycles. The van der Waals surface area contributed by atoms with Crippen LogP contribution in [0.5, 0.6) is 0 Å². The minimum absolute atomic E-state index is 0.0242. The number of hydrogen-bond acceptors (Lipinski definition) is 7. The number of fused-ring (bicyclic) bond motifs is 1. The Morgan fingerprint density at radius 3 is 2.26 bits per heavy atom. The Balaban J connectivity index is 2.10. The molecule has 3 rings (SSSR count). The number of hydrogen-bond donors (Lipinski definition) is 1. The molecule has 0 saturated carbocycles. The quantitative estimate of drug-likeness (QED) is 0.441. The third kappa shape index (κ3) is 5.76. The Labute approximate surface area is 200 Å². The molecule has 0 atom stereocenters. The van der Waals surface area contributed by atoms with E-state index in [9.17, 15) is 21.6 Å². The number of unbranched alkanes of at least 4 members (excludes halogenated alkanes) is 1. The van der Waals surface area contributed by atoms with Gasteiger partial charge in [-0.1, -0.05) is 29.8 Å². The second-order valence-corrected chi connectivity index (χ2v) is 12.6. The number of sulfonamides is 1. The minimum Gasteiger partial charge on any atom is -0.437 e. The van der Waals surface area contributed by atoms with E-state index in [4.69, 9.17) is 4.42 Å². The molecular weight excluding hydrogens is 478 g/mol. The van der Waals surface area contributed by atoms with Gasteiger partial charge >= 0.3 is 0 Å². The third-order valence-electron chi connectivity index (χ3n) is 5.38. The number of nitrogens with zero attached hydrogens (tertiary/aromatic N) is 2. The van der Waals surface area contributed by atoms with Gasteiger partial charge in [0.05, 0.1) is 17.2 Å². The first kappa shape index (κ1) is 25.7. The molecular formula is C23H29N3O6S2. The smallest absolute Gasteiger partial charge is 0.255 e. The fourth-order valence-corrected chi connectivity index (χ4v) is 5.36. The molecule has 11 heteroatoms. The summed E-state index contributed by atoms with van der Waals surface area (Å²) in [6.45, 7) is 3.74. The van der Waals surface area contributed by atoms with Gasteiger partial charge in [0, 0.05) is 31.2 Å². The van der Waals surface area contributed by atoms with Gasteiger partial charge in [-0.2, -0.15) is 4.98 Å². The van der Waals surface area contributed by atoms with E-state index >= 15 is 0 Å². The average Bonchev–Trinajstić information content (AvgIpc) is 3.10. The van der Waals surface area contributed by atoms with E-state index in [1.807, 2.05) is 31.2 Å². The van der Waals surface area contributed by atoms with Crippen LogP contribution in [0.25, 0.3) is 22.4 Å². The van der Waals surface area contributed by atoms with Crippen molar-refractivity contribution in [1.29, 1.82) is 0 Å². The Kier molecular flexibility index (Phi) is 7.37. The van der Waals surface area contributed by atoms with Crippen LogP contribution < -0.4 is 9.62 Å². The molecule has 1 N–H and O–H groups in total. The van der Waals surface area contributed by atoms with Gasteiger partial charge in [0.2, 0.25) is 15.7 Å². The predicted octanol–water partition coefficient (Wildman–Crippen LogP) is 3.06. The van der Waals surface area contributed by atoms with E-state index < -0.39 is 19.9 Å². The van der Waals surface area contributed by atoms with Crippen molar-refractivity contribution in [2.75, 3.05) is 36.2 Å². The van der Waals surface area contributed by atoms with Gasteiger partial charge in [-0.25, -0.2) is 16.8 Å². The van der Waals surface area contributed by atoms with Gasteiger partial charge in [0.25, 0.3) is 5.91 Å². The molecule has 0 aliphatic rings. The number of anilines is 1. The molecule has 9 nitrogen and oxygen atoms in total. The molecule has 2 heterocycles. The van der Waals surface area contributed by atoms with Crippen molar-refractivity contribution >= 4 is 42.7 Å². The van der Waals surface area contributed by atoms with Crippen molar-refractivity contribution in [3.05, 3.63) is 47.0 Å². The van der Waals surface area contributed by atoms with E-state index in [1.165, 1.54) is 7.05 Å². The monoisotopic (exact) mass is 507 g/mol. The number of nitrogens with one attached hydrogen (secondary N) is 1. The highest BCUT2D eigenvalue weighted by Gasteiger charge is 2.26. The van der Waals surface area contributed by atoms with E-state index in [1.54, 1.807) is 13.0 Å². The molecule has 0 bridgehead atoms. The normalized spacial score (nSPS) is 12.1. The standard InChI is InChI=1S/C23H29N3O6S2/c1-15-8-10-17(11-9-15)20-19(22(27)24-3)18-14-16(2)21(25-23(18)32-20)26(34(5,30)31)12-6-7-13-33(4,28)29/h8-11,14H,6-7,12-13H2,1-5H3,(H,24,27). The Morgan fingerprint density at radius 1 is 1.06 bits per heavy atom. The lowest BCUT2D eigenvalue weighted by atomic mass is 10.0. The zero-order valence-electron chi connectivity index (χ0n) is 19.9. The number of rotatable bonds is 9. The van der Waals surface area contributed by atoms with Crippen LogP contribution in [-0.4, -0.2) is 59.6 Å². The zero-order chi connectivity index (χ0) is 25.3. The average molecular weight is 508 g/mol. The molecule has 0 radical (unpaired) electrons. The molecule has 0 aliphatic carbocycles. The first-order chi connectivity index (χ1) is 15.8. The summed E-state index contributed by atoms with van der Waals surface area (Å²) >= 11 is 0. The van der Waals surface area contributed by atoms with Crippen molar-refractivity contribution in [2.24, 2.45) is 0 Å². The summed E-state index contributed by atoms with van der Waals surface area (Å²) in [7, 11) is -5.32. The van der Waals surface area contributed by atoms with Gasteiger partial charge < -0.3 is 9.73 Å². The van der Waals surface area contributed by atoms with Gasteiger partial charge in [-0.05, 0) is 38.3 Å². The van der Waals surface area contributed by atoms with Crippen LogP contribution in [0, 0.1) is 13.8 Å². The number of furan rings is 1. The fraction of sp³-hybridized carbons (Fsp3) is 0.391. The highest BCUT2D eigenvalue weighted by Crippen LogP contribution is 2.36. The lowest BCUT2D eigenvalue weighted by Gasteiger charge is -2.22. The highest BCUT2D eigenvalue weighted by atomic mass is 32.2. The van der Waals surface area contributed by atoms with Crippen LogP contribution in [0.4, 0.5) is 5.82 Å². The summed E-state index contributed by atoms with van der Waals surface area (Å²) < 4.78 is 55.1. The van der Waals surface area contributed by atoms with Crippen molar-refractivity contribution < 1.29 is 26.0 Å². The SMILES string of the molecule is CNC(=O)c1c(-c2ccc(C)cc2)oc2nc(N(CCCCS(C)(=O)=O)S(C)(=O)=O)c(C)cc12. The van der Waals surface area contributed by atoms with Crippen LogP contribution in [0.15, 0.2) is 34.7 Å². The number of aryl methyl sites for hydroxylation is 2. The maximum atomic E-state index is 12.7. The third-order valence-corrected chi connectivity index (χ3v) is 7.56. The van der Waals surface area contributed by atoms with Gasteiger partial charge in [0.15, 0.2) is 0 Å². The van der Waals surface area contributed by atoms with Crippen LogP contribution >= 0.6 is 0 Å². The lowest BCUT2D eigenvalue weighted by Crippen LogP contribution is -2.32. The second-order valence-electron chi connectivity index (χ2n) is 8.41. The molecule has 0 aliphatic heterocycles. The molecule has 0 fully saturated rings. The fourth-order valence-electron chi connectivity index (χ4n) is 3.67. The number of pyridine rings is 1. The van der Waals surface area contributed by atoms with Crippen molar-refractivity contribution in [3.8, 4) is 11.3 Å². The number of amides is 1. The number of aromatic nitrogens is 1. The molecule has 1 amide bonds. The van der Waals surface area contributed by atoms with Crippen LogP contribution in [-0.2, 0) is 19.9 Å². The molecule has 1 aromatic carbocycles. The van der Waals surface area contributed by atoms with E-state index in [-0.39, 0.29) is 29.7 Å². The predicted molar refractivity (Wildman–Crippen MR) is 133 cm³/mol. The minimum atomic E-state index is -3.71. The van der Waals surface area contributed by atoms with Gasteiger partial charge in [0.1, 0.15) is 21.4 Å². The molecule has 0 unspecified atom stereocenters.